The van der Waals surface area contributed by atoms with Crippen LogP contribution in [0.5, 0.6) is 0 Å². The van der Waals surface area contributed by atoms with Crippen LogP contribution < -0.4 is 21.1 Å². The first kappa shape index (κ1) is 37.4. The van der Waals surface area contributed by atoms with Gasteiger partial charge in [-0.1, -0.05) is 72.8 Å². The largest absolute Gasteiger partial charge is 0.339 e. The molecule has 0 saturated carbocycles. The summed E-state index contributed by atoms with van der Waals surface area (Å²) in [4.78, 5) is 42.7. The number of anilines is 1. The maximum Gasteiger partial charge on any atom is 0.255 e. The number of nitrogens with zero attached hydrogens (tertiary/aromatic N) is 7. The Bertz CT molecular complexity index is 2260. The van der Waals surface area contributed by atoms with Gasteiger partial charge >= 0.3 is 0 Å². The van der Waals surface area contributed by atoms with Crippen molar-refractivity contribution in [2.24, 2.45) is 7.05 Å². The number of nitrogens with one attached hydrogen (secondary N) is 2. The number of hydrogen-bond donors (Lipinski definition) is 2. The van der Waals surface area contributed by atoms with Crippen LogP contribution in [0.4, 0.5) is 5.95 Å². The molecule has 0 aliphatic carbocycles. The van der Waals surface area contributed by atoms with E-state index in [0.29, 0.717) is 24.3 Å². The minimum Gasteiger partial charge on any atom is -0.339 e. The number of hydrogen-bond acceptors (Lipinski definition) is 9. The van der Waals surface area contributed by atoms with Crippen molar-refractivity contribution < 1.29 is 4.79 Å². The van der Waals surface area contributed by atoms with Crippen LogP contribution in [0.2, 0.25) is 0 Å². The summed E-state index contributed by atoms with van der Waals surface area (Å²) in [5.74, 6) is 0.975. The minimum atomic E-state index is -0.0386. The normalized spacial score (nSPS) is 22.5. The van der Waals surface area contributed by atoms with Crippen LogP contribution in [0, 0.1) is 0 Å². The molecule has 6 aliphatic rings. The number of rotatable bonds is 2. The van der Waals surface area contributed by atoms with E-state index in [1.807, 2.05) is 24.1 Å². The van der Waals surface area contributed by atoms with Crippen LogP contribution >= 0.6 is 0 Å². The molecule has 11 heteroatoms. The lowest BCUT2D eigenvalue weighted by atomic mass is 9.91. The molecular weight excluding hydrogens is 711 g/mol. The number of fused-ring (bicyclic) bond motifs is 9. The Morgan fingerprint density at radius 2 is 1.23 bits per heavy atom. The Morgan fingerprint density at radius 3 is 1.93 bits per heavy atom. The molecule has 2 N–H and O–H groups in total. The first-order chi connectivity index (χ1) is 28.0. The van der Waals surface area contributed by atoms with E-state index in [1.165, 1.54) is 41.8 Å². The van der Waals surface area contributed by atoms with E-state index in [4.69, 9.17) is 4.98 Å². The second-order valence-electron chi connectivity index (χ2n) is 15.9. The molecule has 8 heterocycles. The predicted molar refractivity (Wildman–Crippen MR) is 224 cm³/mol. The van der Waals surface area contributed by atoms with Gasteiger partial charge in [-0.15, -0.1) is 0 Å². The van der Waals surface area contributed by atoms with Gasteiger partial charge in [0.15, 0.2) is 0 Å². The Balaban J connectivity index is 0.000000122. The fourth-order valence-electron chi connectivity index (χ4n) is 9.66. The molecule has 57 heavy (non-hydrogen) atoms. The highest BCUT2D eigenvalue weighted by molar-refractivity contribution is 5.80. The van der Waals surface area contributed by atoms with Crippen molar-refractivity contribution in [3.63, 3.8) is 0 Å². The van der Waals surface area contributed by atoms with E-state index >= 15 is 0 Å². The molecule has 3 fully saturated rings. The van der Waals surface area contributed by atoms with Crippen molar-refractivity contribution in [1.82, 2.24) is 39.9 Å². The number of benzene rings is 3. The quantitative estimate of drug-likeness (QED) is 0.275. The average Bonchev–Trinajstić information content (AvgIpc) is 3.28. The molecule has 0 radical (unpaired) electrons. The van der Waals surface area contributed by atoms with Gasteiger partial charge in [-0.05, 0) is 64.8 Å². The van der Waals surface area contributed by atoms with Gasteiger partial charge in [0.25, 0.3) is 5.56 Å². The maximum absolute atomic E-state index is 12.6. The fraction of sp³-hybridized carbons (Fsp3) is 0.391. The van der Waals surface area contributed by atoms with E-state index in [-0.39, 0.29) is 17.5 Å². The summed E-state index contributed by atoms with van der Waals surface area (Å²) in [7, 11) is 1.81. The summed E-state index contributed by atoms with van der Waals surface area (Å²) in [5.41, 5.74) is 10.3. The van der Waals surface area contributed by atoms with Gasteiger partial charge in [0, 0.05) is 103 Å². The fourth-order valence-corrected chi connectivity index (χ4v) is 9.66. The standard InChI is InChI=1S/C22H23N5O.C12H14N2O.C12H16N2/c1-25-21(28)14-19(17-6-9-23-10-7-17)24-22(25)27-13-12-26-11-8-16-4-2-3-5-18(16)20(26)15-27;15-12-8-13-7-11-10-4-2-1-3-9(10)5-6-14(11)12;1-2-4-11-10(3-1)5-7-14-8-6-13-9-12(11)14/h2-7,9-10,14,20H,8,11-13,15H2,1H3;1-4,11,13H,5-8H2;1-4,12-13H,5-9H2. The van der Waals surface area contributed by atoms with Crippen LogP contribution in [0.1, 0.15) is 51.5 Å². The molecule has 0 bridgehead atoms. The first-order valence-electron chi connectivity index (χ1n) is 20.7. The lowest BCUT2D eigenvalue weighted by Gasteiger charge is -2.45. The van der Waals surface area contributed by atoms with Crippen LogP contribution in [0.3, 0.4) is 0 Å². The van der Waals surface area contributed by atoms with Gasteiger partial charge in [0.2, 0.25) is 11.9 Å². The highest BCUT2D eigenvalue weighted by Gasteiger charge is 2.35. The van der Waals surface area contributed by atoms with Crippen LogP contribution in [-0.4, -0.2) is 107 Å². The van der Waals surface area contributed by atoms with Crippen molar-refractivity contribution in [2.45, 2.75) is 37.4 Å². The average molecular weight is 764 g/mol. The smallest absolute Gasteiger partial charge is 0.255 e. The zero-order valence-electron chi connectivity index (χ0n) is 32.9. The summed E-state index contributed by atoms with van der Waals surface area (Å²) in [6.45, 7) is 10.8. The van der Waals surface area contributed by atoms with Crippen molar-refractivity contribution in [3.8, 4) is 11.3 Å². The summed E-state index contributed by atoms with van der Waals surface area (Å²) in [5, 5.41) is 6.67. The topological polar surface area (TPSA) is 102 Å². The molecule has 0 spiro atoms. The number of carbonyl (C=O) groups is 1. The van der Waals surface area contributed by atoms with E-state index in [2.05, 4.69) is 103 Å². The van der Waals surface area contributed by atoms with Crippen molar-refractivity contribution in [3.05, 3.63) is 147 Å². The van der Waals surface area contributed by atoms with E-state index in [0.717, 1.165) is 76.7 Å². The number of piperazine rings is 3. The van der Waals surface area contributed by atoms with Crippen LogP contribution in [0.25, 0.3) is 11.3 Å². The number of pyridine rings is 1. The maximum atomic E-state index is 12.6. The SMILES string of the molecule is Cn1c(N2CCN3CCc4ccccc4C3C2)nc(-c2ccncc2)cc1=O.O=C1CNCC2c3ccccc3CCN12.c1ccc2c(c1)CCN1CCNCC21. The zero-order valence-corrected chi connectivity index (χ0v) is 32.9. The van der Waals surface area contributed by atoms with Crippen LogP contribution in [-0.2, 0) is 31.1 Å². The third kappa shape index (κ3) is 7.77. The zero-order chi connectivity index (χ0) is 38.7. The summed E-state index contributed by atoms with van der Waals surface area (Å²) >= 11 is 0. The second-order valence-corrected chi connectivity index (χ2v) is 15.9. The third-order valence-electron chi connectivity index (χ3n) is 12.7. The molecule has 3 saturated heterocycles. The van der Waals surface area contributed by atoms with Gasteiger partial charge in [-0.3, -0.25) is 28.9 Å². The molecule has 11 rings (SSSR count). The Labute approximate surface area is 335 Å². The highest BCUT2D eigenvalue weighted by Crippen LogP contribution is 2.34. The van der Waals surface area contributed by atoms with Crippen molar-refractivity contribution >= 4 is 11.9 Å². The molecule has 2 aromatic heterocycles. The summed E-state index contributed by atoms with van der Waals surface area (Å²) in [6.07, 6.45) is 6.80. The van der Waals surface area contributed by atoms with Crippen molar-refractivity contribution in [2.75, 3.05) is 76.9 Å². The monoisotopic (exact) mass is 763 g/mol. The van der Waals surface area contributed by atoms with E-state index < -0.39 is 0 Å². The highest BCUT2D eigenvalue weighted by atomic mass is 16.2. The predicted octanol–water partition coefficient (Wildman–Crippen LogP) is 4.17. The van der Waals surface area contributed by atoms with Gasteiger partial charge < -0.3 is 20.4 Å². The van der Waals surface area contributed by atoms with Gasteiger partial charge in [-0.25, -0.2) is 4.98 Å². The van der Waals surface area contributed by atoms with E-state index in [1.54, 1.807) is 34.2 Å². The molecule has 5 aromatic rings. The minimum absolute atomic E-state index is 0.0386. The molecular formula is C46H53N9O2. The van der Waals surface area contributed by atoms with Gasteiger partial charge in [-0.2, -0.15) is 0 Å². The number of carbonyl (C=O) groups excluding carboxylic acids is 1. The summed E-state index contributed by atoms with van der Waals surface area (Å²) < 4.78 is 1.66. The first-order valence-corrected chi connectivity index (χ1v) is 20.7. The lowest BCUT2D eigenvalue weighted by molar-refractivity contribution is -0.135. The summed E-state index contributed by atoms with van der Waals surface area (Å²) in [6, 6.07) is 32.7. The molecule has 294 valence electrons. The number of amides is 1. The van der Waals surface area contributed by atoms with Gasteiger partial charge in [0.1, 0.15) is 0 Å². The molecule has 11 nitrogen and oxygen atoms in total. The molecule has 3 atom stereocenters. The molecule has 3 aromatic carbocycles. The molecule has 6 aliphatic heterocycles. The Kier molecular flexibility index (Phi) is 11.0. The molecule has 3 unspecified atom stereocenters. The lowest BCUT2D eigenvalue weighted by Crippen LogP contribution is -2.52. The Hall–Kier alpha value is -5.20. The van der Waals surface area contributed by atoms with Crippen LogP contribution in [0.15, 0.2) is 108 Å². The van der Waals surface area contributed by atoms with E-state index in [9.17, 15) is 9.59 Å². The number of aromatic nitrogens is 3. The Morgan fingerprint density at radius 1 is 0.632 bits per heavy atom. The molecule has 1 amide bonds. The second kappa shape index (κ2) is 16.7. The third-order valence-corrected chi connectivity index (χ3v) is 12.7. The van der Waals surface area contributed by atoms with Crippen molar-refractivity contribution in [1.29, 1.82) is 0 Å². The van der Waals surface area contributed by atoms with Gasteiger partial charge in [0.05, 0.1) is 24.3 Å².